The highest BCUT2D eigenvalue weighted by atomic mass is 19.4. The quantitative estimate of drug-likeness (QED) is 0.863. The molecule has 2 rings (SSSR count). The van der Waals surface area contributed by atoms with Crippen LogP contribution in [0.1, 0.15) is 39.5 Å². The molecule has 1 N–H and O–H groups in total. The number of nitrogens with zero attached hydrogens (tertiary/aromatic N) is 1. The normalized spacial score (nSPS) is 29.1. The molecule has 0 aromatic carbocycles. The lowest BCUT2D eigenvalue weighted by Gasteiger charge is -2.36. The van der Waals surface area contributed by atoms with Crippen LogP contribution < -0.4 is 5.32 Å². The van der Waals surface area contributed by atoms with Crippen LogP contribution in [0.15, 0.2) is 0 Å². The molecule has 2 fully saturated rings. The number of piperidine rings is 1. The van der Waals surface area contributed by atoms with E-state index in [1.807, 2.05) is 6.92 Å². The van der Waals surface area contributed by atoms with Gasteiger partial charge in [0.25, 0.3) is 0 Å². The average molecular weight is 292 g/mol. The zero-order valence-electron chi connectivity index (χ0n) is 12.0. The Balaban J connectivity index is 2.06. The van der Waals surface area contributed by atoms with Gasteiger partial charge in [-0.1, -0.05) is 6.92 Å². The Hall–Kier alpha value is -0.780. The molecule has 0 aromatic rings. The molecule has 0 radical (unpaired) electrons. The van der Waals surface area contributed by atoms with E-state index in [1.54, 1.807) is 6.92 Å². The summed E-state index contributed by atoms with van der Waals surface area (Å²) in [5.41, 5.74) is 0. The lowest BCUT2D eigenvalue weighted by Crippen LogP contribution is -2.55. The molecule has 1 saturated heterocycles. The Kier molecular flexibility index (Phi) is 4.62. The van der Waals surface area contributed by atoms with Crippen molar-refractivity contribution in [3.63, 3.8) is 0 Å². The highest BCUT2D eigenvalue weighted by Crippen LogP contribution is 2.36. The van der Waals surface area contributed by atoms with Crippen LogP contribution in [0.25, 0.3) is 0 Å². The number of halogens is 3. The second-order valence-corrected chi connectivity index (χ2v) is 6.30. The predicted molar refractivity (Wildman–Crippen MR) is 70.1 cm³/mol. The molecule has 116 valence electrons. The van der Waals surface area contributed by atoms with Crippen LogP contribution >= 0.6 is 0 Å². The van der Waals surface area contributed by atoms with Gasteiger partial charge >= 0.3 is 6.18 Å². The van der Waals surface area contributed by atoms with Crippen molar-refractivity contribution >= 4 is 5.91 Å². The highest BCUT2D eigenvalue weighted by molar-refractivity contribution is 5.82. The summed E-state index contributed by atoms with van der Waals surface area (Å²) >= 11 is 0. The topological polar surface area (TPSA) is 32.3 Å². The van der Waals surface area contributed by atoms with Gasteiger partial charge in [0.1, 0.15) is 6.54 Å². The summed E-state index contributed by atoms with van der Waals surface area (Å²) in [5.74, 6) is 0.241. The molecule has 0 aromatic heterocycles. The minimum absolute atomic E-state index is 0.238. The number of carbonyl (C=O) groups is 1. The van der Waals surface area contributed by atoms with Crippen molar-refractivity contribution in [2.45, 2.75) is 57.8 Å². The molecule has 3 nitrogen and oxygen atoms in total. The first-order valence-corrected chi connectivity index (χ1v) is 7.38. The van der Waals surface area contributed by atoms with Crippen LogP contribution in [-0.4, -0.2) is 42.2 Å². The van der Waals surface area contributed by atoms with Crippen LogP contribution in [0.3, 0.4) is 0 Å². The van der Waals surface area contributed by atoms with Crippen LogP contribution in [0, 0.1) is 11.8 Å². The van der Waals surface area contributed by atoms with Crippen molar-refractivity contribution in [1.82, 2.24) is 10.2 Å². The Morgan fingerprint density at radius 2 is 2.00 bits per heavy atom. The van der Waals surface area contributed by atoms with Gasteiger partial charge in [0, 0.05) is 6.04 Å². The summed E-state index contributed by atoms with van der Waals surface area (Å²) in [5, 5.41) is 3.07. The first kappa shape index (κ1) is 15.6. The fourth-order valence-electron chi connectivity index (χ4n) is 2.94. The van der Waals surface area contributed by atoms with Gasteiger partial charge in [-0.05, 0) is 51.0 Å². The number of amides is 1. The SMILES string of the molecule is CC1CCNC(C(=O)N(CC(F)(F)F)C(C)C2CC2)C1. The minimum Gasteiger partial charge on any atom is -0.329 e. The zero-order valence-corrected chi connectivity index (χ0v) is 12.0. The molecule has 0 bridgehead atoms. The van der Waals surface area contributed by atoms with Crippen molar-refractivity contribution < 1.29 is 18.0 Å². The highest BCUT2D eigenvalue weighted by Gasteiger charge is 2.42. The smallest absolute Gasteiger partial charge is 0.329 e. The van der Waals surface area contributed by atoms with Crippen LogP contribution in [0.5, 0.6) is 0 Å². The first-order valence-electron chi connectivity index (χ1n) is 7.38. The second kappa shape index (κ2) is 5.92. The van der Waals surface area contributed by atoms with E-state index in [0.29, 0.717) is 18.9 Å². The molecule has 20 heavy (non-hydrogen) atoms. The van der Waals surface area contributed by atoms with E-state index in [-0.39, 0.29) is 17.9 Å². The predicted octanol–water partition coefficient (Wildman–Crippen LogP) is 2.56. The maximum atomic E-state index is 12.7. The molecule has 1 amide bonds. The van der Waals surface area contributed by atoms with Gasteiger partial charge in [0.05, 0.1) is 6.04 Å². The molecule has 0 spiro atoms. The maximum Gasteiger partial charge on any atom is 0.406 e. The van der Waals surface area contributed by atoms with Gasteiger partial charge < -0.3 is 10.2 Å². The second-order valence-electron chi connectivity index (χ2n) is 6.30. The fourth-order valence-corrected chi connectivity index (χ4v) is 2.94. The number of hydrogen-bond donors (Lipinski definition) is 1. The van der Waals surface area contributed by atoms with Crippen molar-refractivity contribution in [2.75, 3.05) is 13.1 Å². The van der Waals surface area contributed by atoms with Gasteiger partial charge in [-0.2, -0.15) is 13.2 Å². The van der Waals surface area contributed by atoms with Crippen LogP contribution in [-0.2, 0) is 4.79 Å². The molecule has 1 aliphatic heterocycles. The van der Waals surface area contributed by atoms with Gasteiger partial charge in [-0.25, -0.2) is 0 Å². The molecule has 3 atom stereocenters. The zero-order chi connectivity index (χ0) is 14.9. The Morgan fingerprint density at radius 1 is 1.35 bits per heavy atom. The van der Waals surface area contributed by atoms with E-state index >= 15 is 0 Å². The molecule has 3 unspecified atom stereocenters. The van der Waals surface area contributed by atoms with Crippen molar-refractivity contribution in [3.8, 4) is 0 Å². The summed E-state index contributed by atoms with van der Waals surface area (Å²) in [6, 6.07) is -0.773. The van der Waals surface area contributed by atoms with Crippen molar-refractivity contribution in [3.05, 3.63) is 0 Å². The van der Waals surface area contributed by atoms with Gasteiger partial charge in [-0.3, -0.25) is 4.79 Å². The van der Waals surface area contributed by atoms with E-state index in [1.165, 1.54) is 0 Å². The average Bonchev–Trinajstić information content (AvgIpc) is 3.17. The molecule has 1 saturated carbocycles. The number of alkyl halides is 3. The minimum atomic E-state index is -4.33. The van der Waals surface area contributed by atoms with Crippen LogP contribution in [0.4, 0.5) is 13.2 Å². The van der Waals surface area contributed by atoms with Crippen LogP contribution in [0.2, 0.25) is 0 Å². The standard InChI is InChI=1S/C14H23F3N2O/c1-9-5-6-18-12(7-9)13(20)19(8-14(15,16)17)10(2)11-3-4-11/h9-12,18H,3-8H2,1-2H3. The number of rotatable bonds is 4. The molecule has 1 aliphatic carbocycles. The molecule has 2 aliphatic rings. The van der Waals surface area contributed by atoms with Crippen molar-refractivity contribution in [2.24, 2.45) is 11.8 Å². The lowest BCUT2D eigenvalue weighted by molar-refractivity contribution is -0.167. The number of carbonyl (C=O) groups excluding carboxylic acids is 1. The maximum absolute atomic E-state index is 12.7. The Bertz CT molecular complexity index is 355. The van der Waals surface area contributed by atoms with E-state index in [4.69, 9.17) is 0 Å². The summed E-state index contributed by atoms with van der Waals surface area (Å²) in [7, 11) is 0. The van der Waals surface area contributed by atoms with E-state index in [0.717, 1.165) is 24.2 Å². The third kappa shape index (κ3) is 4.11. The number of nitrogens with one attached hydrogen (secondary N) is 1. The van der Waals surface area contributed by atoms with Crippen molar-refractivity contribution in [1.29, 1.82) is 0 Å². The third-order valence-corrected chi connectivity index (χ3v) is 4.39. The summed E-state index contributed by atoms with van der Waals surface area (Å²) < 4.78 is 38.2. The number of hydrogen-bond acceptors (Lipinski definition) is 2. The molecular formula is C14H23F3N2O. The molecule has 6 heteroatoms. The molecular weight excluding hydrogens is 269 g/mol. The Morgan fingerprint density at radius 3 is 2.50 bits per heavy atom. The fraction of sp³-hybridized carbons (Fsp3) is 0.929. The van der Waals surface area contributed by atoms with E-state index < -0.39 is 18.8 Å². The van der Waals surface area contributed by atoms with Gasteiger partial charge in [-0.15, -0.1) is 0 Å². The van der Waals surface area contributed by atoms with E-state index in [9.17, 15) is 18.0 Å². The Labute approximate surface area is 117 Å². The van der Waals surface area contributed by atoms with E-state index in [2.05, 4.69) is 5.32 Å². The molecule has 1 heterocycles. The van der Waals surface area contributed by atoms with Gasteiger partial charge in [0.2, 0.25) is 5.91 Å². The largest absolute Gasteiger partial charge is 0.406 e. The summed E-state index contributed by atoms with van der Waals surface area (Å²) in [6.07, 6.45) is -0.875. The monoisotopic (exact) mass is 292 g/mol. The summed E-state index contributed by atoms with van der Waals surface area (Å²) in [4.78, 5) is 13.5. The first-order chi connectivity index (χ1) is 9.28. The summed E-state index contributed by atoms with van der Waals surface area (Å²) in [6.45, 7) is 3.36. The third-order valence-electron chi connectivity index (χ3n) is 4.39. The lowest BCUT2D eigenvalue weighted by atomic mass is 9.93. The van der Waals surface area contributed by atoms with Gasteiger partial charge in [0.15, 0.2) is 0 Å².